The molecule has 0 spiro atoms. The molecule has 7 heteroatoms. The number of halogens is 3. The average molecular weight is 455 g/mol. The Bertz CT molecular complexity index is 1420. The van der Waals surface area contributed by atoms with E-state index in [-0.39, 0.29) is 5.75 Å². The average Bonchev–Trinajstić information content (AvgIpc) is 3.30. The van der Waals surface area contributed by atoms with Gasteiger partial charge < -0.3 is 15.5 Å². The molecule has 3 N–H and O–H groups in total. The van der Waals surface area contributed by atoms with Gasteiger partial charge in [0.1, 0.15) is 5.75 Å². The second-order valence-corrected chi connectivity index (χ2v) is 8.87. The lowest BCUT2D eigenvalue weighted by Gasteiger charge is -2.09. The van der Waals surface area contributed by atoms with Gasteiger partial charge in [0.2, 0.25) is 0 Å². The van der Waals surface area contributed by atoms with Gasteiger partial charge in [0.25, 0.3) is 0 Å². The fraction of sp³-hybridized carbons (Fsp3) is 0.200. The van der Waals surface area contributed by atoms with Crippen LogP contribution in [0.2, 0.25) is 0 Å². The molecule has 0 atom stereocenters. The fourth-order valence-corrected chi connectivity index (χ4v) is 5.34. The molecule has 0 saturated carbocycles. The Morgan fingerprint density at radius 1 is 0.875 bits per heavy atom. The van der Waals surface area contributed by atoms with Crippen LogP contribution in [-0.4, -0.2) is 17.9 Å². The van der Waals surface area contributed by atoms with Crippen LogP contribution >= 0.6 is 11.3 Å². The maximum Gasteiger partial charge on any atom is 0.573 e. The number of aryl methyl sites for hydroxylation is 1. The molecule has 2 aromatic heterocycles. The first-order valence-corrected chi connectivity index (χ1v) is 11.3. The van der Waals surface area contributed by atoms with Crippen molar-refractivity contribution in [1.29, 1.82) is 0 Å². The first-order valence-electron chi connectivity index (χ1n) is 10.4. The fourth-order valence-electron chi connectivity index (χ4n) is 4.26. The second-order valence-electron chi connectivity index (χ2n) is 7.79. The number of thiophene rings is 1. The number of hydrogen-bond donors (Lipinski definition) is 2. The molecule has 5 rings (SSSR count). The molecule has 0 aliphatic heterocycles. The standard InChI is InChI=1S/C25H21F3N2OS/c26-25(27,28)31-16-9-10-21-19(14-16)18(6-3-4-12-29)24(30-21)15-8-11-23-20(13-15)17-5-1-2-7-22(17)32-23/h1-2,5,7-11,13-14,30H,3-4,6,12,29H2. The number of nitrogens with one attached hydrogen (secondary N) is 1. The number of alkyl halides is 3. The summed E-state index contributed by atoms with van der Waals surface area (Å²) in [6, 6.07) is 19.1. The summed E-state index contributed by atoms with van der Waals surface area (Å²) >= 11 is 1.75. The zero-order chi connectivity index (χ0) is 22.3. The Morgan fingerprint density at radius 2 is 1.69 bits per heavy atom. The molecular formula is C25H21F3N2OS. The monoisotopic (exact) mass is 454 g/mol. The zero-order valence-electron chi connectivity index (χ0n) is 17.1. The maximum absolute atomic E-state index is 12.8. The third kappa shape index (κ3) is 3.94. The van der Waals surface area contributed by atoms with Gasteiger partial charge in [0, 0.05) is 36.8 Å². The quantitative estimate of drug-likeness (QED) is 0.263. The van der Waals surface area contributed by atoms with E-state index in [1.165, 1.54) is 32.3 Å². The molecule has 5 aromatic rings. The second kappa shape index (κ2) is 8.15. The van der Waals surface area contributed by atoms with E-state index in [1.54, 1.807) is 17.4 Å². The number of nitrogens with two attached hydrogens (primary N) is 1. The Kier molecular flexibility index (Phi) is 5.31. The van der Waals surface area contributed by atoms with Crippen LogP contribution in [-0.2, 0) is 6.42 Å². The number of unbranched alkanes of at least 4 members (excludes halogenated alkanes) is 1. The molecule has 0 bridgehead atoms. The van der Waals surface area contributed by atoms with E-state index in [4.69, 9.17) is 5.73 Å². The van der Waals surface area contributed by atoms with Crippen molar-refractivity contribution < 1.29 is 17.9 Å². The number of hydrogen-bond acceptors (Lipinski definition) is 3. The third-order valence-corrected chi connectivity index (χ3v) is 6.81. The minimum Gasteiger partial charge on any atom is -0.406 e. The smallest absolute Gasteiger partial charge is 0.406 e. The van der Waals surface area contributed by atoms with Crippen molar-refractivity contribution in [1.82, 2.24) is 4.98 Å². The van der Waals surface area contributed by atoms with Crippen molar-refractivity contribution in [2.24, 2.45) is 5.73 Å². The van der Waals surface area contributed by atoms with Crippen LogP contribution in [0.15, 0.2) is 60.7 Å². The van der Waals surface area contributed by atoms with Crippen LogP contribution in [0, 0.1) is 0 Å². The number of aromatic amines is 1. The number of rotatable bonds is 6. The molecule has 164 valence electrons. The van der Waals surface area contributed by atoms with Gasteiger partial charge in [-0.3, -0.25) is 0 Å². The van der Waals surface area contributed by atoms with Gasteiger partial charge in [-0.1, -0.05) is 24.3 Å². The highest BCUT2D eigenvalue weighted by Crippen LogP contribution is 2.39. The van der Waals surface area contributed by atoms with Crippen LogP contribution in [0.4, 0.5) is 13.2 Å². The molecule has 3 aromatic carbocycles. The minimum absolute atomic E-state index is 0.213. The summed E-state index contributed by atoms with van der Waals surface area (Å²) in [5.41, 5.74) is 9.39. The van der Waals surface area contributed by atoms with E-state index < -0.39 is 6.36 Å². The van der Waals surface area contributed by atoms with Crippen molar-refractivity contribution in [2.45, 2.75) is 25.6 Å². The highest BCUT2D eigenvalue weighted by molar-refractivity contribution is 7.25. The van der Waals surface area contributed by atoms with E-state index >= 15 is 0 Å². The summed E-state index contributed by atoms with van der Waals surface area (Å²) in [5, 5.41) is 3.13. The summed E-state index contributed by atoms with van der Waals surface area (Å²) in [6.07, 6.45) is -2.31. The zero-order valence-corrected chi connectivity index (χ0v) is 17.9. The molecule has 0 amide bonds. The molecule has 0 saturated heterocycles. The Morgan fingerprint density at radius 3 is 2.50 bits per heavy atom. The van der Waals surface area contributed by atoms with Crippen molar-refractivity contribution in [2.75, 3.05) is 6.54 Å². The van der Waals surface area contributed by atoms with Gasteiger partial charge in [-0.2, -0.15) is 0 Å². The van der Waals surface area contributed by atoms with Gasteiger partial charge in [0.05, 0.1) is 0 Å². The van der Waals surface area contributed by atoms with Gasteiger partial charge in [-0.25, -0.2) is 0 Å². The predicted molar refractivity (Wildman–Crippen MR) is 125 cm³/mol. The minimum atomic E-state index is -4.72. The van der Waals surface area contributed by atoms with Gasteiger partial charge in [0.15, 0.2) is 0 Å². The lowest BCUT2D eigenvalue weighted by Crippen LogP contribution is -2.16. The molecule has 0 radical (unpaired) electrons. The Balaban J connectivity index is 1.66. The van der Waals surface area contributed by atoms with Gasteiger partial charge in [-0.15, -0.1) is 24.5 Å². The highest BCUT2D eigenvalue weighted by atomic mass is 32.1. The summed E-state index contributed by atoms with van der Waals surface area (Å²) in [5.74, 6) is -0.213. The third-order valence-electron chi connectivity index (χ3n) is 5.66. The molecule has 0 aliphatic rings. The molecule has 0 fully saturated rings. The number of ether oxygens (including phenoxy) is 1. The number of H-pyrrole nitrogens is 1. The summed E-state index contributed by atoms with van der Waals surface area (Å²) < 4.78 is 44.9. The van der Waals surface area contributed by atoms with E-state index in [1.807, 2.05) is 12.1 Å². The van der Waals surface area contributed by atoms with E-state index in [2.05, 4.69) is 40.1 Å². The molecule has 0 unspecified atom stereocenters. The molecule has 3 nitrogen and oxygen atoms in total. The van der Waals surface area contributed by atoms with Crippen molar-refractivity contribution in [3.05, 3.63) is 66.2 Å². The Labute approximate surface area is 186 Å². The van der Waals surface area contributed by atoms with Gasteiger partial charge >= 0.3 is 6.36 Å². The van der Waals surface area contributed by atoms with Crippen molar-refractivity contribution >= 4 is 42.4 Å². The lowest BCUT2D eigenvalue weighted by atomic mass is 9.99. The van der Waals surface area contributed by atoms with Crippen molar-refractivity contribution in [3.8, 4) is 17.0 Å². The van der Waals surface area contributed by atoms with Crippen LogP contribution in [0.25, 0.3) is 42.3 Å². The van der Waals surface area contributed by atoms with E-state index in [0.717, 1.165) is 40.6 Å². The SMILES string of the molecule is NCCCCc1c(-c2ccc3sc4ccccc4c3c2)[nH]c2ccc(OC(F)(F)F)cc12. The largest absolute Gasteiger partial charge is 0.573 e. The lowest BCUT2D eigenvalue weighted by molar-refractivity contribution is -0.274. The topological polar surface area (TPSA) is 51.0 Å². The molecule has 2 heterocycles. The number of fused-ring (bicyclic) bond motifs is 4. The maximum atomic E-state index is 12.8. The molecular weight excluding hydrogens is 433 g/mol. The first kappa shape index (κ1) is 20.8. The summed E-state index contributed by atoms with van der Waals surface area (Å²) in [6.45, 7) is 0.576. The van der Waals surface area contributed by atoms with Crippen LogP contribution < -0.4 is 10.5 Å². The van der Waals surface area contributed by atoms with E-state index in [9.17, 15) is 13.2 Å². The first-order chi connectivity index (χ1) is 15.4. The number of aromatic nitrogens is 1. The summed E-state index contributed by atoms with van der Waals surface area (Å²) in [4.78, 5) is 3.44. The molecule has 0 aliphatic carbocycles. The van der Waals surface area contributed by atoms with Crippen LogP contribution in [0.3, 0.4) is 0 Å². The highest BCUT2D eigenvalue weighted by Gasteiger charge is 2.31. The van der Waals surface area contributed by atoms with E-state index in [0.29, 0.717) is 13.0 Å². The van der Waals surface area contributed by atoms with Crippen LogP contribution in [0.5, 0.6) is 5.75 Å². The van der Waals surface area contributed by atoms with Crippen LogP contribution in [0.1, 0.15) is 18.4 Å². The normalized spacial score (nSPS) is 12.2. The molecule has 32 heavy (non-hydrogen) atoms. The van der Waals surface area contributed by atoms with Crippen molar-refractivity contribution in [3.63, 3.8) is 0 Å². The summed E-state index contributed by atoms with van der Waals surface area (Å²) in [7, 11) is 0. The predicted octanol–water partition coefficient (Wildman–Crippen LogP) is 7.38. The Hall–Kier alpha value is -3.03. The number of benzene rings is 3. The van der Waals surface area contributed by atoms with Gasteiger partial charge in [-0.05, 0) is 73.3 Å².